The summed E-state index contributed by atoms with van der Waals surface area (Å²) in [5, 5.41) is 22.2. The van der Waals surface area contributed by atoms with Gasteiger partial charge in [0, 0.05) is 20.8 Å². The number of aliphatic carboxylic acids is 3. The average molecular weight is 366 g/mol. The molecule has 0 unspecified atom stereocenters. The Morgan fingerprint density at radius 3 is 1.00 bits per heavy atom. The molecule has 7 nitrogen and oxygen atoms in total. The lowest BCUT2D eigenvalue weighted by atomic mass is 10.1. The topological polar surface area (TPSA) is 138 Å². The number of carboxylic acids is 3. The lowest BCUT2D eigenvalue weighted by Gasteiger charge is -2.00. The summed E-state index contributed by atoms with van der Waals surface area (Å²) in [6.07, 6.45) is 13.9. The monoisotopic (exact) mass is 365 g/mol. The molecule has 0 amide bonds. The predicted molar refractivity (Wildman–Crippen MR) is 101 cm³/mol. The van der Waals surface area contributed by atoms with Crippen LogP contribution in [0.25, 0.3) is 0 Å². The zero-order valence-corrected chi connectivity index (χ0v) is 16.4. The molecule has 0 rings (SSSR count). The van der Waals surface area contributed by atoms with Crippen LogP contribution in [0.1, 0.15) is 91.9 Å². The summed E-state index contributed by atoms with van der Waals surface area (Å²) in [6.45, 7) is 6.39. The molecule has 0 heterocycles. The van der Waals surface area contributed by atoms with Crippen molar-refractivity contribution in [1.82, 2.24) is 0 Å². The van der Waals surface area contributed by atoms with E-state index in [1.54, 1.807) is 0 Å². The SMILES string of the molecule is CC(=O)O.CC(=O)O.CC(=O)O.CCCCCCCCCCCCN. The van der Waals surface area contributed by atoms with E-state index in [0.29, 0.717) is 0 Å². The van der Waals surface area contributed by atoms with Crippen molar-refractivity contribution in [3.8, 4) is 0 Å². The standard InChI is InChI=1S/C12H27N.3C2H4O2/c1-2-3-4-5-6-7-8-9-10-11-12-13;3*1-2(3)4/h2-13H2,1H3;3*1H3,(H,3,4). The highest BCUT2D eigenvalue weighted by Gasteiger charge is 1.91. The van der Waals surface area contributed by atoms with Crippen molar-refractivity contribution in [2.75, 3.05) is 6.54 Å². The zero-order valence-electron chi connectivity index (χ0n) is 16.4. The average Bonchev–Trinajstić information content (AvgIpc) is 2.44. The highest BCUT2D eigenvalue weighted by Crippen LogP contribution is 2.09. The van der Waals surface area contributed by atoms with Gasteiger partial charge in [0.05, 0.1) is 0 Å². The molecule has 5 N–H and O–H groups in total. The number of carboxylic acid groups (broad SMARTS) is 3. The Labute approximate surface area is 152 Å². The van der Waals surface area contributed by atoms with Crippen molar-refractivity contribution in [3.05, 3.63) is 0 Å². The first-order valence-electron chi connectivity index (χ1n) is 8.90. The van der Waals surface area contributed by atoms with Gasteiger partial charge in [-0.25, -0.2) is 0 Å². The van der Waals surface area contributed by atoms with Crippen LogP contribution < -0.4 is 5.73 Å². The molecule has 0 aliphatic heterocycles. The van der Waals surface area contributed by atoms with E-state index >= 15 is 0 Å². The van der Waals surface area contributed by atoms with E-state index in [4.69, 9.17) is 35.4 Å². The molecular weight excluding hydrogens is 326 g/mol. The third-order valence-electron chi connectivity index (χ3n) is 2.56. The number of unbranched alkanes of at least 4 members (excludes halogenated alkanes) is 9. The fraction of sp³-hybridized carbons (Fsp3) is 0.833. The molecule has 0 atom stereocenters. The van der Waals surface area contributed by atoms with E-state index in [1.807, 2.05) is 0 Å². The van der Waals surface area contributed by atoms with Crippen molar-refractivity contribution in [3.63, 3.8) is 0 Å². The van der Waals surface area contributed by atoms with Gasteiger partial charge in [-0.1, -0.05) is 64.7 Å². The van der Waals surface area contributed by atoms with Crippen LogP contribution in [0.3, 0.4) is 0 Å². The number of rotatable bonds is 10. The number of hydrogen-bond donors (Lipinski definition) is 4. The first kappa shape index (κ1) is 31.2. The van der Waals surface area contributed by atoms with Gasteiger partial charge in [0.1, 0.15) is 0 Å². The van der Waals surface area contributed by atoms with Crippen LogP contribution in [0, 0.1) is 0 Å². The Hall–Kier alpha value is -1.63. The smallest absolute Gasteiger partial charge is 0.300 e. The first-order valence-corrected chi connectivity index (χ1v) is 8.90. The predicted octanol–water partition coefficient (Wildman–Crippen LogP) is 4.14. The molecule has 0 aromatic rings. The summed E-state index contributed by atoms with van der Waals surface area (Å²) in [5.41, 5.74) is 5.42. The third-order valence-corrected chi connectivity index (χ3v) is 2.56. The van der Waals surface area contributed by atoms with Crippen molar-refractivity contribution in [2.45, 2.75) is 91.9 Å². The maximum Gasteiger partial charge on any atom is 0.300 e. The minimum absolute atomic E-state index is 0.833. The van der Waals surface area contributed by atoms with Gasteiger partial charge in [-0.2, -0.15) is 0 Å². The number of hydrogen-bond acceptors (Lipinski definition) is 4. The molecule has 0 aliphatic rings. The van der Waals surface area contributed by atoms with Crippen molar-refractivity contribution < 1.29 is 29.7 Å². The van der Waals surface area contributed by atoms with Gasteiger partial charge in [0.25, 0.3) is 17.9 Å². The molecule has 0 radical (unpaired) electrons. The zero-order chi connectivity index (χ0) is 20.5. The molecule has 0 aromatic carbocycles. The third kappa shape index (κ3) is 132. The second-order valence-corrected chi connectivity index (χ2v) is 5.53. The molecule has 152 valence electrons. The van der Waals surface area contributed by atoms with E-state index in [9.17, 15) is 0 Å². The lowest BCUT2D eigenvalue weighted by Crippen LogP contribution is -1.97. The van der Waals surface area contributed by atoms with Crippen LogP contribution in [0.5, 0.6) is 0 Å². The summed E-state index contributed by atoms with van der Waals surface area (Å²) < 4.78 is 0. The normalized spacial score (nSPS) is 8.52. The van der Waals surface area contributed by atoms with Gasteiger partial charge >= 0.3 is 0 Å². The van der Waals surface area contributed by atoms with Gasteiger partial charge in [0.2, 0.25) is 0 Å². The molecule has 0 aliphatic carbocycles. The molecule has 0 fully saturated rings. The van der Waals surface area contributed by atoms with Crippen LogP contribution in [0.4, 0.5) is 0 Å². The summed E-state index contributed by atoms with van der Waals surface area (Å²) in [5.74, 6) is -2.50. The molecule has 7 heteroatoms. The minimum atomic E-state index is -0.833. The Morgan fingerprint density at radius 2 is 0.800 bits per heavy atom. The summed E-state index contributed by atoms with van der Waals surface area (Å²) >= 11 is 0. The molecule has 0 spiro atoms. The maximum atomic E-state index is 9.00. The fourth-order valence-electron chi connectivity index (χ4n) is 1.63. The van der Waals surface area contributed by atoms with E-state index in [2.05, 4.69) is 6.92 Å². The van der Waals surface area contributed by atoms with Gasteiger partial charge < -0.3 is 21.1 Å². The van der Waals surface area contributed by atoms with Crippen molar-refractivity contribution in [2.24, 2.45) is 5.73 Å². The van der Waals surface area contributed by atoms with Gasteiger partial charge in [-0.05, 0) is 13.0 Å². The molecule has 0 aromatic heterocycles. The highest BCUT2D eigenvalue weighted by molar-refractivity contribution is 5.63. The van der Waals surface area contributed by atoms with Crippen LogP contribution >= 0.6 is 0 Å². The Balaban J connectivity index is -0.000000150. The molecule has 25 heavy (non-hydrogen) atoms. The fourth-order valence-corrected chi connectivity index (χ4v) is 1.63. The molecule has 0 saturated heterocycles. The summed E-state index contributed by atoms with van der Waals surface area (Å²) in [7, 11) is 0. The van der Waals surface area contributed by atoms with E-state index in [1.165, 1.54) is 64.2 Å². The minimum Gasteiger partial charge on any atom is -0.481 e. The maximum absolute atomic E-state index is 9.00. The van der Waals surface area contributed by atoms with Crippen LogP contribution in [0.15, 0.2) is 0 Å². The second kappa shape index (κ2) is 30.3. The van der Waals surface area contributed by atoms with E-state index in [-0.39, 0.29) is 0 Å². The molecular formula is C18H39NO6. The van der Waals surface area contributed by atoms with Crippen molar-refractivity contribution >= 4 is 17.9 Å². The second-order valence-electron chi connectivity index (χ2n) is 5.53. The largest absolute Gasteiger partial charge is 0.481 e. The number of carbonyl (C=O) groups is 3. The lowest BCUT2D eigenvalue weighted by molar-refractivity contribution is -0.135. The number of nitrogens with two attached hydrogens (primary N) is 1. The van der Waals surface area contributed by atoms with Gasteiger partial charge in [-0.15, -0.1) is 0 Å². The quantitative estimate of drug-likeness (QED) is 0.427. The van der Waals surface area contributed by atoms with Gasteiger partial charge in [0.15, 0.2) is 0 Å². The van der Waals surface area contributed by atoms with E-state index < -0.39 is 17.9 Å². The van der Waals surface area contributed by atoms with Crippen LogP contribution in [-0.2, 0) is 14.4 Å². The molecule has 0 saturated carbocycles. The summed E-state index contributed by atoms with van der Waals surface area (Å²) in [6, 6.07) is 0. The first-order chi connectivity index (χ1) is 11.6. The molecule has 0 bridgehead atoms. The Morgan fingerprint density at radius 1 is 0.600 bits per heavy atom. The van der Waals surface area contributed by atoms with E-state index in [0.717, 1.165) is 27.3 Å². The van der Waals surface area contributed by atoms with Crippen LogP contribution in [-0.4, -0.2) is 39.8 Å². The van der Waals surface area contributed by atoms with Gasteiger partial charge in [-0.3, -0.25) is 14.4 Å². The Kier molecular flexibility index (Phi) is 37.7. The highest BCUT2D eigenvalue weighted by atomic mass is 16.4. The summed E-state index contributed by atoms with van der Waals surface area (Å²) in [4.78, 5) is 27.0. The van der Waals surface area contributed by atoms with Crippen LogP contribution in [0.2, 0.25) is 0 Å². The Bertz CT molecular complexity index is 245. The van der Waals surface area contributed by atoms with Crippen molar-refractivity contribution in [1.29, 1.82) is 0 Å².